The predicted octanol–water partition coefficient (Wildman–Crippen LogP) is 1.63. The number of rotatable bonds is 15. The first kappa shape index (κ1) is 39.1. The minimum absolute atomic E-state index is 0.00713. The molecule has 14 nitrogen and oxygen atoms in total. The molecule has 17 heteroatoms. The standard InChI is InChI=1S/C31H38N6O6.C2HF3O2/c1-21(31(30(20-39,36-31)13-15-38)28(42)43-19-23-9-4-2-5-10-23)18-37-25-12-11-22(8-6-3-7-14-34-29(32)33)16-24(25)27(41)35-17-26(37)40;3-2(4,5)1(6)7/h2,4-5,9-12,15-16,20-21,36H,3,6-8,13-14,17-19H2,1H3,(H,35,41)(H4,32,33,34);(H,6,7)/t21?,30?,31-;/m0./s1. The summed E-state index contributed by atoms with van der Waals surface area (Å²) < 4.78 is 37.4. The Labute approximate surface area is 285 Å². The molecule has 7 N–H and O–H groups in total. The van der Waals surface area contributed by atoms with Crippen molar-refractivity contribution in [3.63, 3.8) is 0 Å². The lowest BCUT2D eigenvalue weighted by Gasteiger charge is -2.30. The maximum atomic E-state index is 13.6. The van der Waals surface area contributed by atoms with Gasteiger partial charge in [0, 0.05) is 25.4 Å². The summed E-state index contributed by atoms with van der Waals surface area (Å²) in [6.45, 7) is 2.02. The predicted molar refractivity (Wildman–Crippen MR) is 174 cm³/mol. The molecule has 0 radical (unpaired) electrons. The third-order valence-electron chi connectivity index (χ3n) is 8.36. The van der Waals surface area contributed by atoms with Crippen LogP contribution in [-0.2, 0) is 41.7 Å². The summed E-state index contributed by atoms with van der Waals surface area (Å²) in [5, 5.41) is 12.8. The lowest BCUT2D eigenvalue weighted by Crippen LogP contribution is -2.49. The van der Waals surface area contributed by atoms with Gasteiger partial charge in [-0.15, -0.1) is 0 Å². The van der Waals surface area contributed by atoms with Crippen LogP contribution in [0.3, 0.4) is 0 Å². The molecule has 2 aliphatic rings. The molecule has 2 unspecified atom stereocenters. The average molecular weight is 705 g/mol. The molecule has 0 aromatic heterocycles. The van der Waals surface area contributed by atoms with Gasteiger partial charge in [-0.25, -0.2) is 9.59 Å². The number of amides is 2. The minimum Gasteiger partial charge on any atom is -0.475 e. The highest BCUT2D eigenvalue weighted by Gasteiger charge is 2.75. The normalized spacial score (nSPS) is 20.1. The van der Waals surface area contributed by atoms with E-state index in [1.165, 1.54) is 4.90 Å². The van der Waals surface area contributed by atoms with Crippen molar-refractivity contribution in [1.29, 1.82) is 0 Å². The van der Waals surface area contributed by atoms with Crippen molar-refractivity contribution in [3.05, 3.63) is 65.2 Å². The summed E-state index contributed by atoms with van der Waals surface area (Å²) in [6, 6.07) is 14.5. The molecule has 0 saturated carbocycles. The number of aliphatic carboxylic acids is 1. The van der Waals surface area contributed by atoms with Gasteiger partial charge in [-0.2, -0.15) is 13.2 Å². The molecule has 2 aromatic carbocycles. The number of fused-ring (bicyclic) bond motifs is 1. The Morgan fingerprint density at radius 3 is 2.36 bits per heavy atom. The second-order valence-corrected chi connectivity index (χ2v) is 11.8. The molecule has 2 aromatic rings. The smallest absolute Gasteiger partial charge is 0.475 e. The summed E-state index contributed by atoms with van der Waals surface area (Å²) in [6.07, 6.45) is -0.853. The molecule has 2 aliphatic heterocycles. The molecule has 2 heterocycles. The van der Waals surface area contributed by atoms with Gasteiger partial charge in [0.25, 0.3) is 5.91 Å². The van der Waals surface area contributed by atoms with Crippen LogP contribution >= 0.6 is 0 Å². The van der Waals surface area contributed by atoms with Crippen LogP contribution in [-0.4, -0.2) is 84.3 Å². The second kappa shape index (κ2) is 16.9. The molecule has 4 rings (SSSR count). The van der Waals surface area contributed by atoms with Crippen LogP contribution in [0, 0.1) is 5.92 Å². The summed E-state index contributed by atoms with van der Waals surface area (Å²) in [5.74, 6) is -4.80. The zero-order valence-electron chi connectivity index (χ0n) is 27.2. The van der Waals surface area contributed by atoms with Gasteiger partial charge >= 0.3 is 18.1 Å². The second-order valence-electron chi connectivity index (χ2n) is 11.8. The number of hydrogen-bond acceptors (Lipinski definition) is 9. The number of hydrogen-bond donors (Lipinski definition) is 5. The Kier molecular flexibility index (Phi) is 13.2. The number of alkyl halides is 3. The number of nitrogens with one attached hydrogen (secondary N) is 2. The molecule has 1 fully saturated rings. The fraction of sp³-hybridized carbons (Fsp3) is 0.424. The molecule has 1 saturated heterocycles. The Balaban J connectivity index is 0.000000872. The Hall–Kier alpha value is -5.32. The van der Waals surface area contributed by atoms with Crippen LogP contribution in [0.4, 0.5) is 18.9 Å². The minimum atomic E-state index is -5.08. The fourth-order valence-corrected chi connectivity index (χ4v) is 5.74. The van der Waals surface area contributed by atoms with E-state index in [2.05, 4.69) is 15.6 Å². The number of aryl methyl sites for hydroxylation is 1. The number of carboxylic acids is 1. The van der Waals surface area contributed by atoms with E-state index in [-0.39, 0.29) is 43.9 Å². The molecule has 0 bridgehead atoms. The van der Waals surface area contributed by atoms with Crippen LogP contribution in [0.1, 0.15) is 54.1 Å². The maximum Gasteiger partial charge on any atom is 0.490 e. The van der Waals surface area contributed by atoms with E-state index >= 15 is 0 Å². The van der Waals surface area contributed by atoms with E-state index in [0.29, 0.717) is 30.4 Å². The first-order valence-electron chi connectivity index (χ1n) is 15.6. The number of benzene rings is 2. The number of carbonyl (C=O) groups is 6. The number of nitrogens with two attached hydrogens (primary N) is 2. The Bertz CT molecular complexity index is 1600. The van der Waals surface area contributed by atoms with Crippen LogP contribution in [0.25, 0.3) is 0 Å². The van der Waals surface area contributed by atoms with Gasteiger partial charge in [0.05, 0.1) is 17.8 Å². The molecule has 270 valence electrons. The van der Waals surface area contributed by atoms with Crippen molar-refractivity contribution in [3.8, 4) is 0 Å². The highest BCUT2D eigenvalue weighted by molar-refractivity contribution is 6.10. The van der Waals surface area contributed by atoms with Gasteiger partial charge in [0.1, 0.15) is 30.3 Å². The maximum absolute atomic E-state index is 13.6. The van der Waals surface area contributed by atoms with Gasteiger partial charge in [-0.3, -0.25) is 19.9 Å². The third kappa shape index (κ3) is 9.43. The van der Waals surface area contributed by atoms with E-state index < -0.39 is 35.1 Å². The number of aliphatic imine (C=N–C) groups is 1. The number of halogens is 3. The monoisotopic (exact) mass is 704 g/mol. The van der Waals surface area contributed by atoms with Crippen molar-refractivity contribution in [2.24, 2.45) is 22.4 Å². The van der Waals surface area contributed by atoms with E-state index in [1.54, 1.807) is 31.2 Å². The van der Waals surface area contributed by atoms with Crippen LogP contribution < -0.4 is 27.0 Å². The van der Waals surface area contributed by atoms with Crippen molar-refractivity contribution < 1.29 is 51.8 Å². The Morgan fingerprint density at radius 1 is 1.08 bits per heavy atom. The van der Waals surface area contributed by atoms with Crippen molar-refractivity contribution in [2.45, 2.75) is 62.9 Å². The summed E-state index contributed by atoms with van der Waals surface area (Å²) >= 11 is 0. The third-order valence-corrected chi connectivity index (χ3v) is 8.36. The molecule has 0 aliphatic carbocycles. The van der Waals surface area contributed by atoms with Gasteiger partial charge < -0.3 is 41.1 Å². The van der Waals surface area contributed by atoms with Crippen LogP contribution in [0.15, 0.2) is 53.5 Å². The SMILES string of the molecule is CC(CN1C(=O)CNC(=O)c2cc(CCCCCN=C(N)N)ccc21)[C@@]1(C(=O)OCc2ccccc2)NC1(C=O)CC=O.O=C(O)C(F)(F)F. The molecule has 2 amide bonds. The van der Waals surface area contributed by atoms with Crippen molar-refractivity contribution in [1.82, 2.24) is 10.6 Å². The first-order valence-corrected chi connectivity index (χ1v) is 15.6. The number of aldehydes is 2. The van der Waals surface area contributed by atoms with Gasteiger partial charge in [-0.1, -0.05) is 49.7 Å². The van der Waals surface area contributed by atoms with Crippen molar-refractivity contribution >= 4 is 48.0 Å². The zero-order valence-corrected chi connectivity index (χ0v) is 27.2. The topological polar surface area (TPSA) is 233 Å². The number of carbonyl (C=O) groups excluding carboxylic acids is 5. The lowest BCUT2D eigenvalue weighted by atomic mass is 9.81. The van der Waals surface area contributed by atoms with Crippen molar-refractivity contribution in [2.75, 3.05) is 24.5 Å². The molecular formula is C33H39F3N6O8. The largest absolute Gasteiger partial charge is 0.490 e. The van der Waals surface area contributed by atoms with Crippen LogP contribution in [0.2, 0.25) is 0 Å². The molecule has 0 spiro atoms. The highest BCUT2D eigenvalue weighted by atomic mass is 19.4. The fourth-order valence-electron chi connectivity index (χ4n) is 5.74. The number of anilines is 1. The summed E-state index contributed by atoms with van der Waals surface area (Å²) in [4.78, 5) is 78.0. The average Bonchev–Trinajstić information content (AvgIpc) is 3.78. The number of carboxylic acid groups (broad SMARTS) is 1. The number of nitrogens with zero attached hydrogens (tertiary/aromatic N) is 2. The van der Waals surface area contributed by atoms with Gasteiger partial charge in [0.15, 0.2) is 5.96 Å². The lowest BCUT2D eigenvalue weighted by molar-refractivity contribution is -0.192. The highest BCUT2D eigenvalue weighted by Crippen LogP contribution is 2.47. The summed E-state index contributed by atoms with van der Waals surface area (Å²) in [7, 11) is 0. The van der Waals surface area contributed by atoms with Crippen LogP contribution in [0.5, 0.6) is 0 Å². The number of unbranched alkanes of at least 4 members (excludes halogenated alkanes) is 2. The van der Waals surface area contributed by atoms with Gasteiger partial charge in [0.2, 0.25) is 5.91 Å². The first-order chi connectivity index (χ1) is 23.6. The quantitative estimate of drug-likeness (QED) is 0.0446. The van der Waals surface area contributed by atoms with Gasteiger partial charge in [-0.05, 0) is 42.5 Å². The number of ether oxygens (including phenoxy) is 1. The molecule has 50 heavy (non-hydrogen) atoms. The molecule has 3 atom stereocenters. The number of esters is 1. The van der Waals surface area contributed by atoms with E-state index in [4.69, 9.17) is 26.1 Å². The van der Waals surface area contributed by atoms with E-state index in [1.807, 2.05) is 24.3 Å². The Morgan fingerprint density at radius 2 is 1.76 bits per heavy atom. The van der Waals surface area contributed by atoms with E-state index in [0.717, 1.165) is 36.8 Å². The molecular weight excluding hydrogens is 665 g/mol. The summed E-state index contributed by atoms with van der Waals surface area (Å²) in [5.41, 5.74) is 10.2. The van der Waals surface area contributed by atoms with E-state index in [9.17, 15) is 37.1 Å². The number of guanidine groups is 1. The zero-order chi connectivity index (χ0) is 37.1.